The molecule has 0 saturated heterocycles. The third-order valence-electron chi connectivity index (χ3n) is 7.43. The fourth-order valence-electron chi connectivity index (χ4n) is 5.04. The number of rotatable bonds is 12. The first-order chi connectivity index (χ1) is 21.5. The molecule has 2 atom stereocenters. The summed E-state index contributed by atoms with van der Waals surface area (Å²) < 4.78 is 34.5. The Bertz CT molecular complexity index is 1420. The van der Waals surface area contributed by atoms with Crippen molar-refractivity contribution in [3.8, 4) is 23.0 Å². The van der Waals surface area contributed by atoms with Crippen molar-refractivity contribution in [2.75, 3.05) is 14.2 Å². The summed E-state index contributed by atoms with van der Waals surface area (Å²) in [7, 11) is 3.04. The SMILES string of the molecule is COc1cc(C(=O)O[C@H]2CCCC[C@H]2OC(=O)c2ccc(OCc3ccccc3)c(OC)c2)ccc1OCc1ccccc1. The number of carbonyl (C=O) groups is 2. The molecular formula is C36H36O8. The molecule has 1 fully saturated rings. The molecule has 0 aliphatic heterocycles. The van der Waals surface area contributed by atoms with Crippen LogP contribution in [-0.4, -0.2) is 38.4 Å². The monoisotopic (exact) mass is 596 g/mol. The summed E-state index contributed by atoms with van der Waals surface area (Å²) in [5.74, 6) is 0.841. The van der Waals surface area contributed by atoms with Gasteiger partial charge in [-0.3, -0.25) is 0 Å². The van der Waals surface area contributed by atoms with E-state index in [1.165, 1.54) is 14.2 Å². The predicted molar refractivity (Wildman–Crippen MR) is 164 cm³/mol. The number of hydrogen-bond acceptors (Lipinski definition) is 8. The molecule has 0 bridgehead atoms. The summed E-state index contributed by atoms with van der Waals surface area (Å²) in [6.45, 7) is 0.733. The first kappa shape index (κ1) is 30.5. The van der Waals surface area contributed by atoms with Gasteiger partial charge in [0.1, 0.15) is 25.4 Å². The Balaban J connectivity index is 1.20. The molecule has 8 nitrogen and oxygen atoms in total. The van der Waals surface area contributed by atoms with Gasteiger partial charge in [-0.25, -0.2) is 9.59 Å². The van der Waals surface area contributed by atoms with Gasteiger partial charge in [0.15, 0.2) is 23.0 Å². The van der Waals surface area contributed by atoms with Crippen molar-refractivity contribution in [1.29, 1.82) is 0 Å². The molecule has 228 valence electrons. The highest BCUT2D eigenvalue weighted by atomic mass is 16.6. The lowest BCUT2D eigenvalue weighted by atomic mass is 9.94. The molecule has 44 heavy (non-hydrogen) atoms. The van der Waals surface area contributed by atoms with Crippen molar-refractivity contribution in [1.82, 2.24) is 0 Å². The van der Waals surface area contributed by atoms with E-state index < -0.39 is 24.1 Å². The largest absolute Gasteiger partial charge is 0.493 e. The second kappa shape index (κ2) is 15.0. The number of benzene rings is 4. The van der Waals surface area contributed by atoms with E-state index in [0.29, 0.717) is 60.2 Å². The summed E-state index contributed by atoms with van der Waals surface area (Å²) in [6, 6.07) is 29.4. The van der Waals surface area contributed by atoms with Crippen LogP contribution in [-0.2, 0) is 22.7 Å². The van der Waals surface area contributed by atoms with Gasteiger partial charge in [0.25, 0.3) is 0 Å². The summed E-state index contributed by atoms with van der Waals surface area (Å²) in [5, 5.41) is 0. The molecule has 0 spiro atoms. The maximum Gasteiger partial charge on any atom is 0.338 e. The molecule has 0 aromatic heterocycles. The van der Waals surface area contributed by atoms with Gasteiger partial charge in [-0.15, -0.1) is 0 Å². The van der Waals surface area contributed by atoms with E-state index in [0.717, 1.165) is 24.0 Å². The van der Waals surface area contributed by atoms with Crippen molar-refractivity contribution in [2.45, 2.75) is 51.1 Å². The third-order valence-corrected chi connectivity index (χ3v) is 7.43. The van der Waals surface area contributed by atoms with Crippen molar-refractivity contribution >= 4 is 11.9 Å². The molecule has 1 aliphatic rings. The van der Waals surface area contributed by atoms with Gasteiger partial charge in [-0.1, -0.05) is 60.7 Å². The number of hydrogen-bond donors (Lipinski definition) is 0. The molecule has 0 radical (unpaired) electrons. The maximum absolute atomic E-state index is 13.2. The maximum atomic E-state index is 13.2. The lowest BCUT2D eigenvalue weighted by Gasteiger charge is -2.30. The summed E-state index contributed by atoms with van der Waals surface area (Å²) in [5.41, 5.74) is 2.67. The van der Waals surface area contributed by atoms with E-state index in [2.05, 4.69) is 0 Å². The number of carbonyl (C=O) groups excluding carboxylic acids is 2. The molecule has 4 aromatic rings. The zero-order valence-electron chi connectivity index (χ0n) is 24.9. The second-order valence-electron chi connectivity index (χ2n) is 10.5. The summed E-state index contributed by atoms with van der Waals surface area (Å²) in [4.78, 5) is 26.3. The Morgan fingerprint density at radius 3 is 1.36 bits per heavy atom. The Morgan fingerprint density at radius 1 is 0.568 bits per heavy atom. The number of esters is 2. The Morgan fingerprint density at radius 2 is 0.977 bits per heavy atom. The fourth-order valence-corrected chi connectivity index (χ4v) is 5.04. The van der Waals surface area contributed by atoms with Crippen LogP contribution in [0.25, 0.3) is 0 Å². The fraction of sp³-hybridized carbons (Fsp3) is 0.278. The summed E-state index contributed by atoms with van der Waals surface area (Å²) >= 11 is 0. The van der Waals surface area contributed by atoms with Gasteiger partial charge in [0.2, 0.25) is 0 Å². The molecule has 8 heteroatoms. The van der Waals surface area contributed by atoms with E-state index in [1.807, 2.05) is 60.7 Å². The molecule has 1 saturated carbocycles. The van der Waals surface area contributed by atoms with Crippen LogP contribution in [0.1, 0.15) is 57.5 Å². The molecule has 0 unspecified atom stereocenters. The van der Waals surface area contributed by atoms with Crippen molar-refractivity contribution in [2.24, 2.45) is 0 Å². The van der Waals surface area contributed by atoms with Gasteiger partial charge in [0, 0.05) is 0 Å². The highest BCUT2D eigenvalue weighted by Gasteiger charge is 2.32. The number of methoxy groups -OCH3 is 2. The Labute approximate surface area is 257 Å². The minimum absolute atomic E-state index is 0.320. The molecule has 0 N–H and O–H groups in total. The molecule has 4 aromatic carbocycles. The molecule has 0 amide bonds. The van der Waals surface area contributed by atoms with Crippen LogP contribution in [0.15, 0.2) is 97.1 Å². The van der Waals surface area contributed by atoms with Crippen LogP contribution in [0.3, 0.4) is 0 Å². The summed E-state index contributed by atoms with van der Waals surface area (Å²) in [6.07, 6.45) is 1.76. The lowest BCUT2D eigenvalue weighted by Crippen LogP contribution is -2.37. The first-order valence-corrected chi connectivity index (χ1v) is 14.7. The minimum atomic E-state index is -0.574. The molecule has 5 rings (SSSR count). The van der Waals surface area contributed by atoms with Crippen LogP contribution in [0, 0.1) is 0 Å². The highest BCUT2D eigenvalue weighted by Crippen LogP contribution is 2.32. The lowest BCUT2D eigenvalue weighted by molar-refractivity contribution is -0.0514. The second-order valence-corrected chi connectivity index (χ2v) is 10.5. The normalized spacial score (nSPS) is 16.0. The van der Waals surface area contributed by atoms with Gasteiger partial charge in [-0.05, 0) is 73.2 Å². The zero-order chi connectivity index (χ0) is 30.7. The van der Waals surface area contributed by atoms with E-state index >= 15 is 0 Å². The minimum Gasteiger partial charge on any atom is -0.493 e. The van der Waals surface area contributed by atoms with Gasteiger partial charge >= 0.3 is 11.9 Å². The Kier molecular flexibility index (Phi) is 10.4. The van der Waals surface area contributed by atoms with Crippen LogP contribution in [0.5, 0.6) is 23.0 Å². The molecule has 0 heterocycles. The van der Waals surface area contributed by atoms with Crippen LogP contribution in [0.2, 0.25) is 0 Å². The van der Waals surface area contributed by atoms with E-state index in [9.17, 15) is 9.59 Å². The zero-order valence-corrected chi connectivity index (χ0v) is 24.9. The van der Waals surface area contributed by atoms with E-state index in [-0.39, 0.29) is 0 Å². The average Bonchev–Trinajstić information content (AvgIpc) is 3.08. The highest BCUT2D eigenvalue weighted by molar-refractivity contribution is 5.91. The van der Waals surface area contributed by atoms with E-state index in [1.54, 1.807) is 36.4 Å². The van der Waals surface area contributed by atoms with Crippen molar-refractivity contribution in [3.05, 3.63) is 119 Å². The standard InChI is InChI=1S/C36H36O8/c1-39-33-21-27(17-19-29(33)41-23-25-11-5-3-6-12-25)35(37)43-31-15-9-10-16-32(31)44-36(38)28-18-20-30(34(22-28)40-2)42-24-26-13-7-4-8-14-26/h3-8,11-14,17-22,31-32H,9-10,15-16,23-24H2,1-2H3/t31-,32+. The first-order valence-electron chi connectivity index (χ1n) is 14.7. The van der Waals surface area contributed by atoms with Gasteiger partial charge in [-0.2, -0.15) is 0 Å². The van der Waals surface area contributed by atoms with Crippen LogP contribution >= 0.6 is 0 Å². The quantitative estimate of drug-likeness (QED) is 0.159. The van der Waals surface area contributed by atoms with Crippen molar-refractivity contribution < 1.29 is 38.0 Å². The smallest absolute Gasteiger partial charge is 0.338 e. The number of ether oxygens (including phenoxy) is 6. The van der Waals surface area contributed by atoms with Gasteiger partial charge in [0.05, 0.1) is 25.3 Å². The third kappa shape index (κ3) is 7.89. The van der Waals surface area contributed by atoms with Gasteiger partial charge < -0.3 is 28.4 Å². The van der Waals surface area contributed by atoms with E-state index in [4.69, 9.17) is 28.4 Å². The van der Waals surface area contributed by atoms with Crippen LogP contribution in [0.4, 0.5) is 0 Å². The predicted octanol–water partition coefficient (Wildman–Crippen LogP) is 7.19. The van der Waals surface area contributed by atoms with Crippen molar-refractivity contribution in [3.63, 3.8) is 0 Å². The van der Waals surface area contributed by atoms with Crippen LogP contribution < -0.4 is 18.9 Å². The average molecular weight is 597 g/mol. The molecule has 1 aliphatic carbocycles. The Hall–Kier alpha value is -4.98. The topological polar surface area (TPSA) is 89.5 Å². The molecular weight excluding hydrogens is 560 g/mol.